The van der Waals surface area contributed by atoms with Gasteiger partial charge in [-0.05, 0) is 18.6 Å². The molecule has 2 N–H and O–H groups in total. The number of aliphatic hydroxyl groups is 1. The maximum absolute atomic E-state index is 12.4. The van der Waals surface area contributed by atoms with Crippen LogP contribution in [0.1, 0.15) is 28.9 Å². The number of benzene rings is 1. The highest BCUT2D eigenvalue weighted by Gasteiger charge is 2.53. The van der Waals surface area contributed by atoms with Crippen molar-refractivity contribution in [2.24, 2.45) is 0 Å². The number of aromatic amines is 1. The third-order valence-electron chi connectivity index (χ3n) is 4.12. The van der Waals surface area contributed by atoms with E-state index >= 15 is 0 Å². The van der Waals surface area contributed by atoms with Gasteiger partial charge in [-0.3, -0.25) is 9.59 Å². The number of amides is 1. The monoisotopic (exact) mass is 256 g/mol. The lowest BCUT2D eigenvalue weighted by Crippen LogP contribution is -2.38. The van der Waals surface area contributed by atoms with E-state index in [1.807, 2.05) is 6.07 Å². The Hall–Kier alpha value is -2.14. The first kappa shape index (κ1) is 10.8. The fourth-order valence-corrected chi connectivity index (χ4v) is 3.21. The van der Waals surface area contributed by atoms with E-state index in [0.717, 1.165) is 6.42 Å². The van der Waals surface area contributed by atoms with Crippen molar-refractivity contribution in [2.75, 3.05) is 6.54 Å². The number of hydrogen-bond acceptors (Lipinski definition) is 3. The van der Waals surface area contributed by atoms with E-state index in [4.69, 9.17) is 0 Å². The van der Waals surface area contributed by atoms with Crippen molar-refractivity contribution < 1.29 is 9.90 Å². The number of pyridine rings is 1. The van der Waals surface area contributed by atoms with E-state index in [-0.39, 0.29) is 16.9 Å². The second kappa shape index (κ2) is 3.24. The molecule has 0 aliphatic carbocycles. The molecule has 1 atom stereocenters. The van der Waals surface area contributed by atoms with Gasteiger partial charge in [-0.1, -0.05) is 12.1 Å². The Labute approximate surface area is 108 Å². The number of carbonyl (C=O) groups excluding carboxylic acids is 1. The molecule has 2 aromatic rings. The maximum atomic E-state index is 12.4. The van der Waals surface area contributed by atoms with Crippen molar-refractivity contribution in [3.8, 4) is 0 Å². The van der Waals surface area contributed by atoms with Crippen molar-refractivity contribution in [1.29, 1.82) is 0 Å². The van der Waals surface area contributed by atoms with Gasteiger partial charge in [-0.2, -0.15) is 0 Å². The van der Waals surface area contributed by atoms with Crippen molar-refractivity contribution >= 4 is 16.8 Å². The first-order valence-corrected chi connectivity index (χ1v) is 6.33. The van der Waals surface area contributed by atoms with Gasteiger partial charge in [0.05, 0.1) is 5.69 Å². The van der Waals surface area contributed by atoms with Crippen LogP contribution in [0, 0.1) is 0 Å². The normalized spacial score (nSPS) is 24.9. The van der Waals surface area contributed by atoms with Gasteiger partial charge in [0.25, 0.3) is 5.91 Å². The Balaban J connectivity index is 2.15. The van der Waals surface area contributed by atoms with E-state index in [2.05, 4.69) is 4.98 Å². The Kier molecular flexibility index (Phi) is 1.84. The molecule has 1 aromatic carbocycles. The molecule has 1 aromatic heterocycles. The van der Waals surface area contributed by atoms with Gasteiger partial charge in [-0.15, -0.1) is 0 Å². The highest BCUT2D eigenvalue weighted by Crippen LogP contribution is 2.42. The quantitative estimate of drug-likeness (QED) is 0.736. The summed E-state index contributed by atoms with van der Waals surface area (Å²) in [7, 11) is 0. The molecule has 5 nitrogen and oxygen atoms in total. The summed E-state index contributed by atoms with van der Waals surface area (Å²) in [5, 5.41) is 11.2. The van der Waals surface area contributed by atoms with Crippen LogP contribution < -0.4 is 5.43 Å². The average molecular weight is 256 g/mol. The predicted molar refractivity (Wildman–Crippen MR) is 68.7 cm³/mol. The number of carbonyl (C=O) groups is 1. The molecule has 2 aliphatic heterocycles. The second-order valence-electron chi connectivity index (χ2n) is 5.13. The van der Waals surface area contributed by atoms with Gasteiger partial charge >= 0.3 is 0 Å². The number of rotatable bonds is 0. The molecule has 2 aliphatic rings. The first-order chi connectivity index (χ1) is 9.13. The molecule has 3 heterocycles. The Morgan fingerprint density at radius 3 is 2.89 bits per heavy atom. The zero-order valence-electron chi connectivity index (χ0n) is 10.1. The highest BCUT2D eigenvalue weighted by atomic mass is 16.3. The third-order valence-corrected chi connectivity index (χ3v) is 4.12. The van der Waals surface area contributed by atoms with Crippen LogP contribution in [-0.2, 0) is 5.72 Å². The van der Waals surface area contributed by atoms with Crippen molar-refractivity contribution in [3.05, 3.63) is 45.7 Å². The molecule has 1 unspecified atom stereocenters. The molecular formula is C14H12N2O3. The van der Waals surface area contributed by atoms with Crippen LogP contribution in [0.5, 0.6) is 0 Å². The molecule has 1 fully saturated rings. The molecule has 19 heavy (non-hydrogen) atoms. The number of nitrogens with one attached hydrogen (secondary N) is 1. The van der Waals surface area contributed by atoms with Gasteiger partial charge in [0.15, 0.2) is 5.72 Å². The van der Waals surface area contributed by atoms with Gasteiger partial charge in [0, 0.05) is 23.9 Å². The van der Waals surface area contributed by atoms with Crippen molar-refractivity contribution in [3.63, 3.8) is 0 Å². The third kappa shape index (κ3) is 1.13. The molecule has 96 valence electrons. The summed E-state index contributed by atoms with van der Waals surface area (Å²) in [6.45, 7) is 0.494. The molecule has 0 radical (unpaired) electrons. The molecule has 1 amide bonds. The molecule has 0 bridgehead atoms. The summed E-state index contributed by atoms with van der Waals surface area (Å²) in [5.41, 5.74) is -0.506. The lowest BCUT2D eigenvalue weighted by atomic mass is 10.0. The molecule has 4 rings (SSSR count). The molecule has 5 heteroatoms. The van der Waals surface area contributed by atoms with Gasteiger partial charge in [0.1, 0.15) is 5.56 Å². The van der Waals surface area contributed by atoms with Crippen LogP contribution in [-0.4, -0.2) is 27.4 Å². The number of aromatic nitrogens is 1. The Morgan fingerprint density at radius 1 is 1.26 bits per heavy atom. The van der Waals surface area contributed by atoms with Gasteiger partial charge in [0.2, 0.25) is 5.43 Å². The molecular weight excluding hydrogens is 244 g/mol. The Bertz CT molecular complexity index is 780. The van der Waals surface area contributed by atoms with E-state index in [1.54, 1.807) is 18.2 Å². The van der Waals surface area contributed by atoms with Crippen LogP contribution >= 0.6 is 0 Å². The van der Waals surface area contributed by atoms with Gasteiger partial charge < -0.3 is 15.0 Å². The van der Waals surface area contributed by atoms with Crippen LogP contribution in [0.15, 0.2) is 29.1 Å². The summed E-state index contributed by atoms with van der Waals surface area (Å²) >= 11 is 0. The molecule has 0 saturated carbocycles. The highest BCUT2D eigenvalue weighted by molar-refractivity contribution is 6.02. The van der Waals surface area contributed by atoms with Crippen LogP contribution in [0.25, 0.3) is 10.9 Å². The Morgan fingerprint density at radius 2 is 2.05 bits per heavy atom. The number of nitrogens with zero attached hydrogens (tertiary/aromatic N) is 1. The predicted octanol–water partition coefficient (Wildman–Crippen LogP) is 0.923. The zero-order valence-corrected chi connectivity index (χ0v) is 10.1. The van der Waals surface area contributed by atoms with E-state index in [9.17, 15) is 14.7 Å². The minimum atomic E-state index is -1.32. The molecule has 1 saturated heterocycles. The van der Waals surface area contributed by atoms with Crippen LogP contribution in [0.2, 0.25) is 0 Å². The minimum absolute atomic E-state index is 0.0981. The summed E-state index contributed by atoms with van der Waals surface area (Å²) in [6.07, 6.45) is 1.22. The second-order valence-corrected chi connectivity index (χ2v) is 5.13. The van der Waals surface area contributed by atoms with E-state index < -0.39 is 5.72 Å². The maximum Gasteiger partial charge on any atom is 0.262 e. The van der Waals surface area contributed by atoms with Gasteiger partial charge in [-0.25, -0.2) is 0 Å². The van der Waals surface area contributed by atoms with Crippen molar-refractivity contribution in [1.82, 2.24) is 9.88 Å². The zero-order chi connectivity index (χ0) is 13.2. The first-order valence-electron chi connectivity index (χ1n) is 6.33. The smallest absolute Gasteiger partial charge is 0.262 e. The van der Waals surface area contributed by atoms with E-state index in [0.29, 0.717) is 29.6 Å². The largest absolute Gasteiger partial charge is 0.365 e. The topological polar surface area (TPSA) is 73.4 Å². The fourth-order valence-electron chi connectivity index (χ4n) is 3.21. The molecule has 0 spiro atoms. The fraction of sp³-hybridized carbons (Fsp3) is 0.286. The number of hydrogen-bond donors (Lipinski definition) is 2. The summed E-state index contributed by atoms with van der Waals surface area (Å²) in [4.78, 5) is 29.2. The summed E-state index contributed by atoms with van der Waals surface area (Å²) in [5.74, 6) is -0.359. The number of H-pyrrole nitrogens is 1. The summed E-state index contributed by atoms with van der Waals surface area (Å²) in [6, 6.07) is 7.05. The van der Waals surface area contributed by atoms with Crippen LogP contribution in [0.3, 0.4) is 0 Å². The summed E-state index contributed by atoms with van der Waals surface area (Å²) < 4.78 is 0. The van der Waals surface area contributed by atoms with Crippen molar-refractivity contribution in [2.45, 2.75) is 18.6 Å². The average Bonchev–Trinajstić information content (AvgIpc) is 2.88. The number of fused-ring (bicyclic) bond motifs is 4. The minimum Gasteiger partial charge on any atom is -0.365 e. The SMILES string of the molecule is O=C1c2c([nH]c3ccccc3c2=O)C2(O)CCCN12. The van der Waals surface area contributed by atoms with Crippen LogP contribution in [0.4, 0.5) is 0 Å². The standard InChI is InChI=1S/C14H12N2O3/c17-11-8-4-1-2-5-9(8)15-12-10(11)13(18)16-7-3-6-14(12,16)19/h1-2,4-5,19H,3,6-7H2,(H,15,17). The number of para-hydroxylation sites is 1. The van der Waals surface area contributed by atoms with E-state index in [1.165, 1.54) is 4.90 Å². The lowest BCUT2D eigenvalue weighted by molar-refractivity contribution is -0.0603. The lowest BCUT2D eigenvalue weighted by Gasteiger charge is -2.25.